The van der Waals surface area contributed by atoms with Crippen molar-refractivity contribution in [3.63, 3.8) is 0 Å². The Labute approximate surface area is 112 Å². The number of nitrogens with zero attached hydrogens (tertiary/aromatic N) is 2. The van der Waals surface area contributed by atoms with Crippen LogP contribution in [0, 0.1) is 17.1 Å². The normalized spacial score (nSPS) is 9.95. The SMILES string of the molecule is CCN(Cc1ccccc1)c1ccc(C#N)cc1F. The van der Waals surface area contributed by atoms with Gasteiger partial charge in [-0.05, 0) is 30.7 Å². The molecule has 0 radical (unpaired) electrons. The number of halogens is 1. The van der Waals surface area contributed by atoms with Crippen LogP contribution in [-0.4, -0.2) is 6.54 Å². The van der Waals surface area contributed by atoms with Crippen LogP contribution in [0.4, 0.5) is 10.1 Å². The maximum atomic E-state index is 14.0. The molecule has 0 fully saturated rings. The molecular weight excluding hydrogens is 239 g/mol. The average molecular weight is 254 g/mol. The Kier molecular flexibility index (Phi) is 4.15. The molecule has 0 aromatic heterocycles. The topological polar surface area (TPSA) is 27.0 Å². The summed E-state index contributed by atoms with van der Waals surface area (Å²) in [5, 5.41) is 8.75. The first-order valence-electron chi connectivity index (χ1n) is 6.23. The van der Waals surface area contributed by atoms with Crippen LogP contribution in [0.5, 0.6) is 0 Å². The fourth-order valence-corrected chi connectivity index (χ4v) is 2.00. The first-order valence-corrected chi connectivity index (χ1v) is 6.23. The van der Waals surface area contributed by atoms with Gasteiger partial charge in [0.15, 0.2) is 0 Å². The quantitative estimate of drug-likeness (QED) is 0.831. The van der Waals surface area contributed by atoms with Gasteiger partial charge >= 0.3 is 0 Å². The van der Waals surface area contributed by atoms with E-state index in [1.165, 1.54) is 6.07 Å². The van der Waals surface area contributed by atoms with E-state index in [1.807, 2.05) is 48.2 Å². The molecule has 96 valence electrons. The lowest BCUT2D eigenvalue weighted by atomic mass is 10.1. The predicted octanol–water partition coefficient (Wildman–Crippen LogP) is 3.72. The van der Waals surface area contributed by atoms with Crippen LogP contribution in [-0.2, 0) is 6.54 Å². The molecule has 0 aliphatic rings. The molecule has 2 aromatic carbocycles. The van der Waals surface area contributed by atoms with E-state index in [0.717, 1.165) is 5.56 Å². The molecule has 0 bridgehead atoms. The molecule has 0 heterocycles. The van der Waals surface area contributed by atoms with E-state index in [1.54, 1.807) is 12.1 Å². The third-order valence-corrected chi connectivity index (χ3v) is 3.02. The molecule has 0 saturated carbocycles. The summed E-state index contributed by atoms with van der Waals surface area (Å²) in [6, 6.07) is 16.5. The van der Waals surface area contributed by atoms with Crippen molar-refractivity contribution >= 4 is 5.69 Å². The van der Waals surface area contributed by atoms with Crippen LogP contribution in [0.3, 0.4) is 0 Å². The molecule has 0 saturated heterocycles. The van der Waals surface area contributed by atoms with Gasteiger partial charge in [-0.3, -0.25) is 0 Å². The van der Waals surface area contributed by atoms with Crippen molar-refractivity contribution in [3.8, 4) is 6.07 Å². The molecule has 0 N–H and O–H groups in total. The van der Waals surface area contributed by atoms with Crippen molar-refractivity contribution in [2.24, 2.45) is 0 Å². The van der Waals surface area contributed by atoms with E-state index in [0.29, 0.717) is 24.3 Å². The minimum absolute atomic E-state index is 0.344. The molecule has 0 atom stereocenters. The summed E-state index contributed by atoms with van der Waals surface area (Å²) in [4.78, 5) is 1.95. The maximum Gasteiger partial charge on any atom is 0.147 e. The Balaban J connectivity index is 2.25. The highest BCUT2D eigenvalue weighted by atomic mass is 19.1. The third-order valence-electron chi connectivity index (χ3n) is 3.02. The van der Waals surface area contributed by atoms with Gasteiger partial charge in [0.2, 0.25) is 0 Å². The van der Waals surface area contributed by atoms with Crippen LogP contribution < -0.4 is 4.90 Å². The number of anilines is 1. The van der Waals surface area contributed by atoms with Crippen molar-refractivity contribution in [1.82, 2.24) is 0 Å². The lowest BCUT2D eigenvalue weighted by molar-refractivity contribution is 0.617. The molecule has 3 heteroatoms. The van der Waals surface area contributed by atoms with Gasteiger partial charge in [-0.2, -0.15) is 5.26 Å². The van der Waals surface area contributed by atoms with Crippen molar-refractivity contribution in [3.05, 3.63) is 65.5 Å². The summed E-state index contributed by atoms with van der Waals surface area (Å²) in [6.45, 7) is 3.35. The minimum Gasteiger partial charge on any atom is -0.365 e. The first-order chi connectivity index (χ1) is 9.24. The van der Waals surface area contributed by atoms with Gasteiger partial charge in [0, 0.05) is 13.1 Å². The second-order valence-corrected chi connectivity index (χ2v) is 4.28. The highest BCUT2D eigenvalue weighted by Gasteiger charge is 2.11. The van der Waals surface area contributed by atoms with Crippen molar-refractivity contribution in [1.29, 1.82) is 5.26 Å². The van der Waals surface area contributed by atoms with Crippen molar-refractivity contribution in [2.45, 2.75) is 13.5 Å². The molecular formula is C16H15FN2. The maximum absolute atomic E-state index is 14.0. The van der Waals surface area contributed by atoms with Crippen LogP contribution in [0.2, 0.25) is 0 Å². The van der Waals surface area contributed by atoms with Crippen LogP contribution in [0.1, 0.15) is 18.1 Å². The van der Waals surface area contributed by atoms with Gasteiger partial charge in [0.05, 0.1) is 17.3 Å². The Hall–Kier alpha value is -2.34. The van der Waals surface area contributed by atoms with E-state index < -0.39 is 0 Å². The van der Waals surface area contributed by atoms with Crippen molar-refractivity contribution < 1.29 is 4.39 Å². The number of benzene rings is 2. The summed E-state index contributed by atoms with van der Waals surface area (Å²) in [7, 11) is 0. The van der Waals surface area contributed by atoms with Crippen LogP contribution in [0.15, 0.2) is 48.5 Å². The molecule has 2 aromatic rings. The van der Waals surface area contributed by atoms with Gasteiger partial charge in [-0.15, -0.1) is 0 Å². The highest BCUT2D eigenvalue weighted by molar-refractivity contribution is 5.51. The minimum atomic E-state index is -0.350. The monoisotopic (exact) mass is 254 g/mol. The number of hydrogen-bond acceptors (Lipinski definition) is 2. The molecule has 0 spiro atoms. The van der Waals surface area contributed by atoms with E-state index in [9.17, 15) is 4.39 Å². The third kappa shape index (κ3) is 3.11. The Morgan fingerprint density at radius 1 is 1.16 bits per heavy atom. The predicted molar refractivity (Wildman–Crippen MR) is 74.3 cm³/mol. The van der Waals surface area contributed by atoms with E-state index in [-0.39, 0.29) is 5.82 Å². The van der Waals surface area contributed by atoms with Crippen molar-refractivity contribution in [2.75, 3.05) is 11.4 Å². The fraction of sp³-hybridized carbons (Fsp3) is 0.188. The fourth-order valence-electron chi connectivity index (χ4n) is 2.00. The molecule has 0 amide bonds. The van der Waals surface area contributed by atoms with Crippen LogP contribution in [0.25, 0.3) is 0 Å². The lowest BCUT2D eigenvalue weighted by Gasteiger charge is -2.23. The van der Waals surface area contributed by atoms with Gasteiger partial charge in [0.25, 0.3) is 0 Å². The van der Waals surface area contributed by atoms with Gasteiger partial charge in [-0.25, -0.2) is 4.39 Å². The number of rotatable bonds is 4. The first kappa shape index (κ1) is 13.1. The molecule has 0 aliphatic carbocycles. The van der Waals surface area contributed by atoms with Gasteiger partial charge in [-0.1, -0.05) is 30.3 Å². The largest absolute Gasteiger partial charge is 0.365 e. The van der Waals surface area contributed by atoms with E-state index >= 15 is 0 Å². The Morgan fingerprint density at radius 2 is 1.89 bits per heavy atom. The molecule has 0 unspecified atom stereocenters. The zero-order valence-electron chi connectivity index (χ0n) is 10.8. The summed E-state index contributed by atoms with van der Waals surface area (Å²) in [5.41, 5.74) is 2.01. The standard InChI is InChI=1S/C16H15FN2/c1-2-19(12-13-6-4-3-5-7-13)16-9-8-14(11-18)10-15(16)17/h3-10H,2,12H2,1H3. The van der Waals surface area contributed by atoms with Crippen LogP contribution >= 0.6 is 0 Å². The average Bonchev–Trinajstić information content (AvgIpc) is 2.46. The second kappa shape index (κ2) is 6.01. The Bertz CT molecular complexity index is 587. The lowest BCUT2D eigenvalue weighted by Crippen LogP contribution is -2.23. The number of hydrogen-bond donors (Lipinski definition) is 0. The zero-order chi connectivity index (χ0) is 13.7. The molecule has 2 rings (SSSR count). The highest BCUT2D eigenvalue weighted by Crippen LogP contribution is 2.22. The molecule has 0 aliphatic heterocycles. The van der Waals surface area contributed by atoms with Gasteiger partial charge < -0.3 is 4.90 Å². The number of nitriles is 1. The van der Waals surface area contributed by atoms with Gasteiger partial charge in [0.1, 0.15) is 5.82 Å². The summed E-state index contributed by atoms with van der Waals surface area (Å²) in [6.07, 6.45) is 0. The summed E-state index contributed by atoms with van der Waals surface area (Å²) >= 11 is 0. The smallest absolute Gasteiger partial charge is 0.147 e. The molecule has 2 nitrogen and oxygen atoms in total. The Morgan fingerprint density at radius 3 is 2.47 bits per heavy atom. The zero-order valence-corrected chi connectivity index (χ0v) is 10.8. The van der Waals surface area contributed by atoms with E-state index in [4.69, 9.17) is 5.26 Å². The summed E-state index contributed by atoms with van der Waals surface area (Å²) in [5.74, 6) is -0.350. The van der Waals surface area contributed by atoms with E-state index in [2.05, 4.69) is 0 Å². The molecule has 19 heavy (non-hydrogen) atoms. The summed E-state index contributed by atoms with van der Waals surface area (Å²) < 4.78 is 14.0. The second-order valence-electron chi connectivity index (χ2n) is 4.28.